The maximum absolute atomic E-state index is 13.8. The zero-order valence-corrected chi connectivity index (χ0v) is 15.8. The van der Waals surface area contributed by atoms with Crippen LogP contribution in [0.3, 0.4) is 0 Å². The van der Waals surface area contributed by atoms with Crippen LogP contribution in [-0.4, -0.2) is 39.4 Å². The second-order valence-electron chi connectivity index (χ2n) is 6.33. The van der Waals surface area contributed by atoms with E-state index in [-0.39, 0.29) is 16.6 Å². The molecule has 0 aliphatic carbocycles. The molecule has 1 amide bonds. The molecule has 1 aliphatic heterocycles. The van der Waals surface area contributed by atoms with E-state index in [1.165, 1.54) is 31.4 Å². The molecule has 0 aromatic heterocycles. The molecule has 0 radical (unpaired) electrons. The van der Waals surface area contributed by atoms with Gasteiger partial charge >= 0.3 is 0 Å². The lowest BCUT2D eigenvalue weighted by atomic mass is 10.1. The first-order chi connectivity index (χ1) is 12.9. The van der Waals surface area contributed by atoms with Gasteiger partial charge in [-0.1, -0.05) is 0 Å². The summed E-state index contributed by atoms with van der Waals surface area (Å²) in [5, 5.41) is 0. The molecule has 2 aromatic rings. The lowest BCUT2D eigenvalue weighted by molar-refractivity contribution is 0.0724. The van der Waals surface area contributed by atoms with Gasteiger partial charge in [0, 0.05) is 24.3 Å². The average Bonchev–Trinajstić information content (AvgIpc) is 2.68. The van der Waals surface area contributed by atoms with E-state index >= 15 is 0 Å². The van der Waals surface area contributed by atoms with Crippen molar-refractivity contribution in [2.45, 2.75) is 24.2 Å². The van der Waals surface area contributed by atoms with Crippen molar-refractivity contribution in [2.24, 2.45) is 0 Å². The fraction of sp³-hybridized carbons (Fsp3) is 0.316. The zero-order chi connectivity index (χ0) is 19.4. The predicted octanol–water partition coefficient (Wildman–Crippen LogP) is 3.26. The van der Waals surface area contributed by atoms with Gasteiger partial charge in [-0.25, -0.2) is 12.8 Å². The van der Waals surface area contributed by atoms with Crippen molar-refractivity contribution in [3.05, 3.63) is 53.8 Å². The molecule has 0 bridgehead atoms. The third-order valence-corrected chi connectivity index (χ3v) is 5.84. The van der Waals surface area contributed by atoms with Crippen LogP contribution in [0.15, 0.2) is 47.4 Å². The van der Waals surface area contributed by atoms with Gasteiger partial charge in [0.15, 0.2) is 11.6 Å². The molecule has 6 nitrogen and oxygen atoms in total. The van der Waals surface area contributed by atoms with Gasteiger partial charge < -0.3 is 9.64 Å². The number of ether oxygens (including phenoxy) is 1. The largest absolute Gasteiger partial charge is 0.494 e. The molecule has 0 saturated carbocycles. The molecule has 0 atom stereocenters. The van der Waals surface area contributed by atoms with E-state index in [4.69, 9.17) is 4.74 Å². The van der Waals surface area contributed by atoms with E-state index < -0.39 is 15.8 Å². The van der Waals surface area contributed by atoms with E-state index in [9.17, 15) is 17.6 Å². The average molecular weight is 392 g/mol. The molecule has 3 rings (SSSR count). The zero-order valence-electron chi connectivity index (χ0n) is 14.9. The molecule has 144 valence electrons. The number of halogens is 1. The highest BCUT2D eigenvalue weighted by Crippen LogP contribution is 2.23. The molecule has 0 unspecified atom stereocenters. The standard InChI is InChI=1S/C19H21FN2O4S/c1-26-18-10-9-16(13-17(18)20)27(24,25)21-15-7-5-14(6-8-15)19(23)22-11-3-2-4-12-22/h5-10,13,21H,2-4,11-12H2,1H3. The first-order valence-electron chi connectivity index (χ1n) is 8.66. The summed E-state index contributed by atoms with van der Waals surface area (Å²) in [7, 11) is -2.65. The summed E-state index contributed by atoms with van der Waals surface area (Å²) in [6.07, 6.45) is 3.14. The summed E-state index contributed by atoms with van der Waals surface area (Å²) >= 11 is 0. The lowest BCUT2D eigenvalue weighted by Gasteiger charge is -2.26. The summed E-state index contributed by atoms with van der Waals surface area (Å²) in [6.45, 7) is 1.49. The molecule has 1 N–H and O–H groups in total. The molecule has 1 aliphatic rings. The number of methoxy groups -OCH3 is 1. The minimum absolute atomic E-state index is 0.0328. The molecule has 1 fully saturated rings. The van der Waals surface area contributed by atoms with E-state index in [0.717, 1.165) is 38.4 Å². The number of hydrogen-bond donors (Lipinski definition) is 1. The Morgan fingerprint density at radius 3 is 2.33 bits per heavy atom. The number of likely N-dealkylation sites (tertiary alicyclic amines) is 1. The van der Waals surface area contributed by atoms with Gasteiger partial charge in [-0.2, -0.15) is 0 Å². The Morgan fingerprint density at radius 2 is 1.74 bits per heavy atom. The summed E-state index contributed by atoms with van der Waals surface area (Å²) in [5.41, 5.74) is 0.803. The van der Waals surface area contributed by atoms with Gasteiger partial charge in [-0.15, -0.1) is 0 Å². The highest BCUT2D eigenvalue weighted by Gasteiger charge is 2.19. The van der Waals surface area contributed by atoms with Crippen LogP contribution in [0.25, 0.3) is 0 Å². The van der Waals surface area contributed by atoms with Gasteiger partial charge in [-0.05, 0) is 61.7 Å². The van der Waals surface area contributed by atoms with Crippen LogP contribution in [-0.2, 0) is 10.0 Å². The summed E-state index contributed by atoms with van der Waals surface area (Å²) < 4.78 is 45.8. The fourth-order valence-corrected chi connectivity index (χ4v) is 4.06. The van der Waals surface area contributed by atoms with Gasteiger partial charge in [-0.3, -0.25) is 9.52 Å². The predicted molar refractivity (Wildman–Crippen MR) is 100.0 cm³/mol. The third-order valence-electron chi connectivity index (χ3n) is 4.46. The molecule has 1 saturated heterocycles. The summed E-state index contributed by atoms with van der Waals surface area (Å²) in [5.74, 6) is -0.848. The summed E-state index contributed by atoms with van der Waals surface area (Å²) in [6, 6.07) is 9.63. The second kappa shape index (κ2) is 7.96. The van der Waals surface area contributed by atoms with E-state index in [1.54, 1.807) is 12.1 Å². The Morgan fingerprint density at radius 1 is 1.07 bits per heavy atom. The Kier molecular flexibility index (Phi) is 5.65. The van der Waals surface area contributed by atoms with Crippen LogP contribution in [0.2, 0.25) is 0 Å². The van der Waals surface area contributed by atoms with Crippen molar-refractivity contribution in [2.75, 3.05) is 24.9 Å². The first-order valence-corrected chi connectivity index (χ1v) is 10.1. The quantitative estimate of drug-likeness (QED) is 0.847. The van der Waals surface area contributed by atoms with E-state index in [0.29, 0.717) is 11.3 Å². The first kappa shape index (κ1) is 19.2. The van der Waals surface area contributed by atoms with Crippen molar-refractivity contribution in [3.8, 4) is 5.75 Å². The van der Waals surface area contributed by atoms with Crippen LogP contribution >= 0.6 is 0 Å². The Balaban J connectivity index is 1.73. The van der Waals surface area contributed by atoms with Crippen molar-refractivity contribution >= 4 is 21.6 Å². The topological polar surface area (TPSA) is 75.7 Å². The monoisotopic (exact) mass is 392 g/mol. The Labute approximate surface area is 158 Å². The Bertz CT molecular complexity index is 923. The molecular formula is C19H21FN2O4S. The molecule has 2 aromatic carbocycles. The van der Waals surface area contributed by atoms with Crippen LogP contribution in [0.5, 0.6) is 5.75 Å². The number of nitrogens with one attached hydrogen (secondary N) is 1. The molecular weight excluding hydrogens is 371 g/mol. The number of carbonyl (C=O) groups is 1. The lowest BCUT2D eigenvalue weighted by Crippen LogP contribution is -2.35. The van der Waals surface area contributed by atoms with E-state index in [1.807, 2.05) is 4.90 Å². The molecule has 0 spiro atoms. The second-order valence-corrected chi connectivity index (χ2v) is 8.01. The van der Waals surface area contributed by atoms with Crippen LogP contribution in [0, 0.1) is 5.82 Å². The number of amides is 1. The fourth-order valence-electron chi connectivity index (χ4n) is 2.99. The SMILES string of the molecule is COc1ccc(S(=O)(=O)Nc2ccc(C(=O)N3CCCCC3)cc2)cc1F. The smallest absolute Gasteiger partial charge is 0.262 e. The van der Waals surface area contributed by atoms with Gasteiger partial charge in [0.25, 0.3) is 15.9 Å². The number of rotatable bonds is 5. The van der Waals surface area contributed by atoms with Crippen LogP contribution < -0.4 is 9.46 Å². The maximum Gasteiger partial charge on any atom is 0.262 e. The molecule has 27 heavy (non-hydrogen) atoms. The minimum atomic E-state index is -3.96. The van der Waals surface area contributed by atoms with Crippen molar-refractivity contribution < 1.29 is 22.3 Å². The minimum Gasteiger partial charge on any atom is -0.494 e. The molecule has 1 heterocycles. The third kappa shape index (κ3) is 4.39. The molecule has 8 heteroatoms. The maximum atomic E-state index is 13.8. The number of anilines is 1. The normalized spacial score (nSPS) is 14.7. The van der Waals surface area contributed by atoms with Crippen LogP contribution in [0.1, 0.15) is 29.6 Å². The number of sulfonamides is 1. The van der Waals surface area contributed by atoms with Gasteiger partial charge in [0.05, 0.1) is 12.0 Å². The number of benzene rings is 2. The highest BCUT2D eigenvalue weighted by atomic mass is 32.2. The number of nitrogens with zero attached hydrogens (tertiary/aromatic N) is 1. The summed E-state index contributed by atoms with van der Waals surface area (Å²) in [4.78, 5) is 14.0. The van der Waals surface area contributed by atoms with Crippen LogP contribution in [0.4, 0.5) is 10.1 Å². The number of carbonyl (C=O) groups excluding carboxylic acids is 1. The highest BCUT2D eigenvalue weighted by molar-refractivity contribution is 7.92. The van der Waals surface area contributed by atoms with Crippen molar-refractivity contribution in [1.29, 1.82) is 0 Å². The van der Waals surface area contributed by atoms with Gasteiger partial charge in [0.1, 0.15) is 0 Å². The van der Waals surface area contributed by atoms with E-state index in [2.05, 4.69) is 4.72 Å². The van der Waals surface area contributed by atoms with Crippen molar-refractivity contribution in [1.82, 2.24) is 4.90 Å². The number of piperidine rings is 1. The van der Waals surface area contributed by atoms with Gasteiger partial charge in [0.2, 0.25) is 0 Å². The van der Waals surface area contributed by atoms with Crippen molar-refractivity contribution in [3.63, 3.8) is 0 Å². The Hall–Kier alpha value is -2.61. The number of hydrogen-bond acceptors (Lipinski definition) is 4.